The molecule has 0 aromatic carbocycles. The van der Waals surface area contributed by atoms with Crippen molar-refractivity contribution < 1.29 is 14.0 Å². The number of hydrogen-bond donors (Lipinski definition) is 0. The molecular formula is C9H7O3. The van der Waals surface area contributed by atoms with E-state index in [1.807, 2.05) is 0 Å². The minimum absolute atomic E-state index is 0.0708. The highest BCUT2D eigenvalue weighted by Crippen LogP contribution is 2.23. The van der Waals surface area contributed by atoms with Crippen LogP contribution in [0.3, 0.4) is 0 Å². The second-order valence-electron chi connectivity index (χ2n) is 2.83. The number of Topliss-reactive ketones (excluding diaryl/α,β-unsaturated/α-hetero) is 1. The molecule has 0 saturated heterocycles. The molecule has 0 aliphatic heterocycles. The lowest BCUT2D eigenvalue weighted by Gasteiger charge is -2.06. The fraction of sp³-hybridized carbons (Fsp3) is 0.333. The number of carbonyl (C=O) groups is 1. The zero-order valence-electron chi connectivity index (χ0n) is 6.42. The Morgan fingerprint density at radius 2 is 2.25 bits per heavy atom. The van der Waals surface area contributed by atoms with Crippen molar-refractivity contribution in [1.29, 1.82) is 0 Å². The van der Waals surface area contributed by atoms with E-state index < -0.39 is 0 Å². The maximum Gasteiger partial charge on any atom is 0.271 e. The molecule has 0 atom stereocenters. The van der Waals surface area contributed by atoms with Crippen LogP contribution < -0.4 is 0 Å². The first-order valence-corrected chi connectivity index (χ1v) is 3.85. The van der Waals surface area contributed by atoms with Gasteiger partial charge in [-0.25, -0.2) is 0 Å². The van der Waals surface area contributed by atoms with Gasteiger partial charge in [0.05, 0.1) is 5.56 Å². The summed E-state index contributed by atoms with van der Waals surface area (Å²) in [6.45, 7) is 0. The van der Waals surface area contributed by atoms with Crippen molar-refractivity contribution in [2.24, 2.45) is 0 Å². The van der Waals surface area contributed by atoms with Crippen LogP contribution in [-0.2, 0) is 11.2 Å². The van der Waals surface area contributed by atoms with Gasteiger partial charge in [-0.1, -0.05) is 0 Å². The largest absolute Gasteiger partial charge is 0.457 e. The van der Waals surface area contributed by atoms with Crippen LogP contribution in [0.15, 0.2) is 10.5 Å². The number of rotatable bonds is 1. The molecular weight excluding hydrogens is 156 g/mol. The van der Waals surface area contributed by atoms with E-state index in [9.17, 15) is 9.59 Å². The summed E-state index contributed by atoms with van der Waals surface area (Å²) in [4.78, 5) is 21.4. The molecule has 1 aliphatic carbocycles. The van der Waals surface area contributed by atoms with Gasteiger partial charge in [0, 0.05) is 12.8 Å². The van der Waals surface area contributed by atoms with E-state index in [-0.39, 0.29) is 11.5 Å². The SMILES string of the molecule is O=[C]c1cc2c(o1)CCCC2=O. The maximum absolute atomic E-state index is 11.2. The van der Waals surface area contributed by atoms with Crippen molar-refractivity contribution in [1.82, 2.24) is 0 Å². The van der Waals surface area contributed by atoms with Gasteiger partial charge < -0.3 is 4.42 Å². The van der Waals surface area contributed by atoms with Crippen LogP contribution in [0.1, 0.15) is 34.7 Å². The Labute approximate surface area is 69.4 Å². The van der Waals surface area contributed by atoms with E-state index in [0.29, 0.717) is 17.7 Å². The van der Waals surface area contributed by atoms with Gasteiger partial charge in [-0.2, -0.15) is 0 Å². The number of furan rings is 1. The summed E-state index contributed by atoms with van der Waals surface area (Å²) in [5.41, 5.74) is 0.569. The first kappa shape index (κ1) is 7.28. The molecule has 1 heterocycles. The van der Waals surface area contributed by atoms with Gasteiger partial charge in [0.15, 0.2) is 11.5 Å². The quantitative estimate of drug-likeness (QED) is 0.626. The zero-order valence-corrected chi connectivity index (χ0v) is 6.42. The molecule has 1 radical (unpaired) electrons. The van der Waals surface area contributed by atoms with Gasteiger partial charge in [-0.15, -0.1) is 0 Å². The van der Waals surface area contributed by atoms with Gasteiger partial charge in [0.1, 0.15) is 5.76 Å². The first-order chi connectivity index (χ1) is 5.81. The Hall–Kier alpha value is -1.38. The lowest BCUT2D eigenvalue weighted by Crippen LogP contribution is -2.07. The predicted molar refractivity (Wildman–Crippen MR) is 40.8 cm³/mol. The first-order valence-electron chi connectivity index (χ1n) is 3.85. The van der Waals surface area contributed by atoms with Gasteiger partial charge in [-0.05, 0) is 12.5 Å². The normalized spacial score (nSPS) is 15.8. The summed E-state index contributed by atoms with van der Waals surface area (Å²) in [6, 6.07) is 1.48. The molecule has 0 unspecified atom stereocenters. The number of aryl methyl sites for hydroxylation is 1. The summed E-state index contributed by atoms with van der Waals surface area (Å²) >= 11 is 0. The van der Waals surface area contributed by atoms with E-state index in [2.05, 4.69) is 0 Å². The van der Waals surface area contributed by atoms with Crippen LogP contribution in [0.25, 0.3) is 0 Å². The molecule has 1 aromatic heterocycles. The van der Waals surface area contributed by atoms with Crippen molar-refractivity contribution in [3.05, 3.63) is 23.2 Å². The lowest BCUT2D eigenvalue weighted by atomic mass is 9.97. The zero-order chi connectivity index (χ0) is 8.55. The third-order valence-corrected chi connectivity index (χ3v) is 2.02. The van der Waals surface area contributed by atoms with Crippen molar-refractivity contribution in [3.8, 4) is 0 Å². The minimum Gasteiger partial charge on any atom is -0.457 e. The van der Waals surface area contributed by atoms with Gasteiger partial charge in [0.25, 0.3) is 6.29 Å². The van der Waals surface area contributed by atoms with Crippen LogP contribution in [0.4, 0.5) is 0 Å². The fourth-order valence-electron chi connectivity index (χ4n) is 1.44. The molecule has 2 rings (SSSR count). The van der Waals surface area contributed by atoms with Crippen LogP contribution in [0.2, 0.25) is 0 Å². The van der Waals surface area contributed by atoms with Crippen LogP contribution in [-0.4, -0.2) is 12.1 Å². The molecule has 1 aliphatic rings. The van der Waals surface area contributed by atoms with Crippen molar-refractivity contribution in [2.45, 2.75) is 19.3 Å². The molecule has 0 spiro atoms. The van der Waals surface area contributed by atoms with E-state index >= 15 is 0 Å². The fourth-order valence-corrected chi connectivity index (χ4v) is 1.44. The Bertz CT molecular complexity index is 336. The van der Waals surface area contributed by atoms with E-state index in [1.54, 1.807) is 6.29 Å². The Morgan fingerprint density at radius 3 is 2.92 bits per heavy atom. The van der Waals surface area contributed by atoms with Crippen molar-refractivity contribution in [3.63, 3.8) is 0 Å². The Morgan fingerprint density at radius 1 is 1.42 bits per heavy atom. The predicted octanol–water partition coefficient (Wildman–Crippen LogP) is 1.26. The summed E-state index contributed by atoms with van der Waals surface area (Å²) in [5.74, 6) is 0.848. The molecule has 1 aromatic rings. The maximum atomic E-state index is 11.2. The molecule has 0 saturated carbocycles. The summed E-state index contributed by atoms with van der Waals surface area (Å²) < 4.78 is 5.08. The Kier molecular flexibility index (Phi) is 1.57. The number of ketones is 1. The lowest BCUT2D eigenvalue weighted by molar-refractivity contribution is 0.0969. The molecule has 0 bridgehead atoms. The van der Waals surface area contributed by atoms with Crippen molar-refractivity contribution in [2.75, 3.05) is 0 Å². The number of carbonyl (C=O) groups excluding carboxylic acids is 2. The molecule has 12 heavy (non-hydrogen) atoms. The highest BCUT2D eigenvalue weighted by Gasteiger charge is 2.21. The average molecular weight is 163 g/mol. The summed E-state index contributed by atoms with van der Waals surface area (Å²) in [5, 5.41) is 0. The van der Waals surface area contributed by atoms with Gasteiger partial charge in [0.2, 0.25) is 0 Å². The third kappa shape index (κ3) is 0.978. The molecule has 3 heteroatoms. The smallest absolute Gasteiger partial charge is 0.271 e. The van der Waals surface area contributed by atoms with Crippen molar-refractivity contribution >= 4 is 12.1 Å². The average Bonchev–Trinajstić information content (AvgIpc) is 2.49. The third-order valence-electron chi connectivity index (χ3n) is 2.02. The summed E-state index contributed by atoms with van der Waals surface area (Å²) in [7, 11) is 0. The van der Waals surface area contributed by atoms with E-state index in [0.717, 1.165) is 12.8 Å². The molecule has 3 nitrogen and oxygen atoms in total. The highest BCUT2D eigenvalue weighted by atomic mass is 16.3. The second kappa shape index (κ2) is 2.59. The second-order valence-corrected chi connectivity index (χ2v) is 2.83. The van der Waals surface area contributed by atoms with E-state index in [4.69, 9.17) is 4.42 Å². The molecule has 0 N–H and O–H groups in total. The minimum atomic E-state index is 0.0708. The highest BCUT2D eigenvalue weighted by molar-refractivity contribution is 5.99. The monoisotopic (exact) mass is 163 g/mol. The van der Waals surface area contributed by atoms with Crippen LogP contribution >= 0.6 is 0 Å². The molecule has 61 valence electrons. The standard InChI is InChI=1S/C9H7O3/c10-5-6-4-7-8(11)2-1-3-9(7)12-6/h4H,1-3H2. The number of fused-ring (bicyclic) bond motifs is 1. The Balaban J connectivity index is 2.50. The van der Waals surface area contributed by atoms with E-state index in [1.165, 1.54) is 6.07 Å². The van der Waals surface area contributed by atoms with Crippen LogP contribution in [0, 0.1) is 0 Å². The van der Waals surface area contributed by atoms with Gasteiger partial charge >= 0.3 is 0 Å². The summed E-state index contributed by atoms with van der Waals surface area (Å²) in [6.07, 6.45) is 3.77. The van der Waals surface area contributed by atoms with Crippen LogP contribution in [0.5, 0.6) is 0 Å². The topological polar surface area (TPSA) is 47.3 Å². The van der Waals surface area contributed by atoms with Gasteiger partial charge in [-0.3, -0.25) is 9.59 Å². The number of hydrogen-bond acceptors (Lipinski definition) is 3. The molecule has 0 amide bonds. The molecule has 0 fully saturated rings.